The van der Waals surface area contributed by atoms with E-state index in [0.717, 1.165) is 0 Å². The molecule has 0 aromatic rings. The van der Waals surface area contributed by atoms with Gasteiger partial charge in [0.15, 0.2) is 0 Å². The predicted molar refractivity (Wildman–Crippen MR) is 48.7 cm³/mol. The molecule has 1 fully saturated rings. The van der Waals surface area contributed by atoms with Gasteiger partial charge in [0.2, 0.25) is 5.91 Å². The number of aliphatic hydroxyl groups is 1. The molecule has 1 amide bonds. The lowest BCUT2D eigenvalue weighted by Gasteiger charge is -2.28. The minimum absolute atomic E-state index is 0.101. The third kappa shape index (κ3) is 4.80. The maximum absolute atomic E-state index is 11.8. The van der Waals surface area contributed by atoms with Crippen LogP contribution in [-0.4, -0.2) is 42.5 Å². The Morgan fingerprint density at radius 3 is 2.75 bits per heavy atom. The Morgan fingerprint density at radius 1 is 1.50 bits per heavy atom. The number of hydrogen-bond donors (Lipinski definition) is 2. The highest BCUT2D eigenvalue weighted by Crippen LogP contribution is 2.21. The van der Waals surface area contributed by atoms with Gasteiger partial charge in [-0.2, -0.15) is 13.2 Å². The van der Waals surface area contributed by atoms with Gasteiger partial charge in [-0.3, -0.25) is 4.79 Å². The van der Waals surface area contributed by atoms with E-state index in [-0.39, 0.29) is 6.61 Å². The molecule has 1 aliphatic rings. The zero-order chi connectivity index (χ0) is 12.2. The standard InChI is InChI=1S/C9H14F3NO3/c10-9(11,12)3-1-8(15)13-6-2-4-16-5-7(6)14/h6-7,14H,1-5H2,(H,13,15)/t6-,7-/m0/s1. The fraction of sp³-hybridized carbons (Fsp3) is 0.889. The van der Waals surface area contributed by atoms with E-state index < -0.39 is 37.1 Å². The van der Waals surface area contributed by atoms with E-state index in [1.807, 2.05) is 0 Å². The van der Waals surface area contributed by atoms with Crippen molar-refractivity contribution in [3.05, 3.63) is 0 Å². The largest absolute Gasteiger partial charge is 0.389 e. The zero-order valence-electron chi connectivity index (χ0n) is 8.59. The highest BCUT2D eigenvalue weighted by molar-refractivity contribution is 5.76. The smallest absolute Gasteiger partial charge is 0.389 e. The first-order valence-electron chi connectivity index (χ1n) is 5.00. The first-order valence-corrected chi connectivity index (χ1v) is 5.00. The highest BCUT2D eigenvalue weighted by atomic mass is 19.4. The lowest BCUT2D eigenvalue weighted by Crippen LogP contribution is -2.48. The second kappa shape index (κ2) is 5.49. The van der Waals surface area contributed by atoms with E-state index >= 15 is 0 Å². The second-order valence-electron chi connectivity index (χ2n) is 3.72. The number of carbonyl (C=O) groups excluding carboxylic acids is 1. The summed E-state index contributed by atoms with van der Waals surface area (Å²) in [5.74, 6) is -0.691. The van der Waals surface area contributed by atoms with Gasteiger partial charge in [-0.15, -0.1) is 0 Å². The first-order chi connectivity index (χ1) is 7.38. The number of ether oxygens (including phenoxy) is 1. The van der Waals surface area contributed by atoms with Gasteiger partial charge in [-0.1, -0.05) is 0 Å². The molecule has 2 N–H and O–H groups in total. The molecule has 1 aliphatic heterocycles. The van der Waals surface area contributed by atoms with Crippen LogP contribution in [0, 0.1) is 0 Å². The van der Waals surface area contributed by atoms with Gasteiger partial charge in [0.05, 0.1) is 25.2 Å². The van der Waals surface area contributed by atoms with Crippen molar-refractivity contribution >= 4 is 5.91 Å². The fourth-order valence-electron chi connectivity index (χ4n) is 1.43. The molecular weight excluding hydrogens is 227 g/mol. The van der Waals surface area contributed by atoms with Crippen LogP contribution in [0.2, 0.25) is 0 Å². The van der Waals surface area contributed by atoms with Gasteiger partial charge in [0.1, 0.15) is 0 Å². The Kier molecular flexibility index (Phi) is 4.55. The molecule has 1 saturated heterocycles. The Bertz CT molecular complexity index is 245. The second-order valence-corrected chi connectivity index (χ2v) is 3.72. The monoisotopic (exact) mass is 241 g/mol. The van der Waals surface area contributed by atoms with E-state index in [2.05, 4.69) is 5.32 Å². The maximum atomic E-state index is 11.8. The van der Waals surface area contributed by atoms with E-state index in [4.69, 9.17) is 4.74 Å². The van der Waals surface area contributed by atoms with Crippen LogP contribution in [0.4, 0.5) is 13.2 Å². The molecular formula is C9H14F3NO3. The molecule has 7 heteroatoms. The van der Waals surface area contributed by atoms with Crippen molar-refractivity contribution in [2.45, 2.75) is 37.6 Å². The predicted octanol–water partition coefficient (Wildman–Crippen LogP) is 0.595. The Balaban J connectivity index is 2.28. The van der Waals surface area contributed by atoms with Crippen LogP contribution in [0.1, 0.15) is 19.3 Å². The van der Waals surface area contributed by atoms with Crippen LogP contribution < -0.4 is 5.32 Å². The van der Waals surface area contributed by atoms with Crippen molar-refractivity contribution in [2.24, 2.45) is 0 Å². The van der Waals surface area contributed by atoms with E-state index in [0.29, 0.717) is 13.0 Å². The Morgan fingerprint density at radius 2 is 2.19 bits per heavy atom. The van der Waals surface area contributed by atoms with E-state index in [1.54, 1.807) is 0 Å². The average Bonchev–Trinajstić information content (AvgIpc) is 2.18. The summed E-state index contributed by atoms with van der Waals surface area (Å²) in [6.45, 7) is 0.492. The highest BCUT2D eigenvalue weighted by Gasteiger charge is 2.30. The number of alkyl halides is 3. The Hall–Kier alpha value is -0.820. The van der Waals surface area contributed by atoms with Crippen LogP contribution >= 0.6 is 0 Å². The van der Waals surface area contributed by atoms with Crippen molar-refractivity contribution in [1.82, 2.24) is 5.32 Å². The van der Waals surface area contributed by atoms with E-state index in [1.165, 1.54) is 0 Å². The summed E-state index contributed by atoms with van der Waals surface area (Å²) < 4.78 is 40.4. The third-order valence-corrected chi connectivity index (χ3v) is 2.31. The summed E-state index contributed by atoms with van der Waals surface area (Å²) in [5, 5.41) is 11.8. The summed E-state index contributed by atoms with van der Waals surface area (Å²) in [4.78, 5) is 11.1. The zero-order valence-corrected chi connectivity index (χ0v) is 8.59. The van der Waals surface area contributed by atoms with Gasteiger partial charge in [-0.05, 0) is 6.42 Å². The first kappa shape index (κ1) is 13.2. The summed E-state index contributed by atoms with van der Waals surface area (Å²) in [6.07, 6.45) is -6.50. The van der Waals surface area contributed by atoms with Crippen LogP contribution in [0.15, 0.2) is 0 Å². The normalized spacial score (nSPS) is 26.5. The average molecular weight is 241 g/mol. The molecule has 0 aromatic heterocycles. The Labute approximate surface area is 90.8 Å². The van der Waals surface area contributed by atoms with Crippen molar-refractivity contribution in [3.8, 4) is 0 Å². The molecule has 4 nitrogen and oxygen atoms in total. The number of amides is 1. The van der Waals surface area contributed by atoms with Crippen molar-refractivity contribution < 1.29 is 27.8 Å². The van der Waals surface area contributed by atoms with Crippen LogP contribution in [0.5, 0.6) is 0 Å². The fourth-order valence-corrected chi connectivity index (χ4v) is 1.43. The molecule has 0 spiro atoms. The molecule has 16 heavy (non-hydrogen) atoms. The van der Waals surface area contributed by atoms with Crippen LogP contribution in [0.3, 0.4) is 0 Å². The van der Waals surface area contributed by atoms with Crippen molar-refractivity contribution in [1.29, 1.82) is 0 Å². The summed E-state index contributed by atoms with van der Waals surface area (Å²) in [6, 6.07) is -0.505. The molecule has 0 aliphatic carbocycles. The topological polar surface area (TPSA) is 58.6 Å². The molecule has 2 atom stereocenters. The van der Waals surface area contributed by atoms with E-state index in [9.17, 15) is 23.1 Å². The molecule has 1 heterocycles. The number of rotatable bonds is 3. The molecule has 0 saturated carbocycles. The SMILES string of the molecule is O=C(CCC(F)(F)F)N[C@H]1CCOC[C@@H]1O. The van der Waals surface area contributed by atoms with Crippen LogP contribution in [-0.2, 0) is 9.53 Å². The lowest BCUT2D eigenvalue weighted by atomic mass is 10.1. The van der Waals surface area contributed by atoms with Gasteiger partial charge >= 0.3 is 6.18 Å². The van der Waals surface area contributed by atoms with Crippen molar-refractivity contribution in [3.63, 3.8) is 0 Å². The number of carbonyl (C=O) groups is 1. The molecule has 0 radical (unpaired) electrons. The number of halogens is 3. The molecule has 0 bridgehead atoms. The summed E-state index contributed by atoms with van der Waals surface area (Å²) in [5.41, 5.74) is 0. The minimum Gasteiger partial charge on any atom is -0.389 e. The number of hydrogen-bond acceptors (Lipinski definition) is 3. The van der Waals surface area contributed by atoms with Gasteiger partial charge in [0, 0.05) is 13.0 Å². The minimum atomic E-state index is -4.33. The summed E-state index contributed by atoms with van der Waals surface area (Å²) in [7, 11) is 0. The number of nitrogens with one attached hydrogen (secondary N) is 1. The van der Waals surface area contributed by atoms with Gasteiger partial charge < -0.3 is 15.2 Å². The quantitative estimate of drug-likeness (QED) is 0.760. The van der Waals surface area contributed by atoms with Crippen LogP contribution in [0.25, 0.3) is 0 Å². The molecule has 1 rings (SSSR count). The van der Waals surface area contributed by atoms with Gasteiger partial charge in [0.25, 0.3) is 0 Å². The maximum Gasteiger partial charge on any atom is 0.389 e. The summed E-state index contributed by atoms with van der Waals surface area (Å²) >= 11 is 0. The molecule has 0 unspecified atom stereocenters. The molecule has 0 aromatic carbocycles. The lowest BCUT2D eigenvalue weighted by molar-refractivity contribution is -0.145. The van der Waals surface area contributed by atoms with Gasteiger partial charge in [-0.25, -0.2) is 0 Å². The third-order valence-electron chi connectivity index (χ3n) is 2.31. The number of aliphatic hydroxyl groups excluding tert-OH is 1. The van der Waals surface area contributed by atoms with Crippen molar-refractivity contribution in [2.75, 3.05) is 13.2 Å². The molecule has 94 valence electrons.